The first kappa shape index (κ1) is 13.0. The van der Waals surface area contributed by atoms with E-state index in [1.807, 2.05) is 23.1 Å². The van der Waals surface area contributed by atoms with Gasteiger partial charge in [0, 0.05) is 17.6 Å². The number of thiophene rings is 1. The minimum Gasteiger partial charge on any atom is -0.274 e. The number of anilines is 1. The highest BCUT2D eigenvalue weighted by molar-refractivity contribution is 7.10. The van der Waals surface area contributed by atoms with Crippen molar-refractivity contribution in [2.45, 2.75) is 32.0 Å². The van der Waals surface area contributed by atoms with E-state index >= 15 is 0 Å². The van der Waals surface area contributed by atoms with Crippen LogP contribution in [0.5, 0.6) is 0 Å². The molecule has 4 rings (SSSR count). The van der Waals surface area contributed by atoms with Gasteiger partial charge in [-0.1, -0.05) is 6.07 Å². The average Bonchev–Trinajstić information content (AvgIpc) is 3.18. The molecule has 0 radical (unpaired) electrons. The summed E-state index contributed by atoms with van der Waals surface area (Å²) in [4.78, 5) is 22.8. The molecule has 0 spiro atoms. The van der Waals surface area contributed by atoms with Crippen molar-refractivity contribution >= 4 is 23.1 Å². The van der Waals surface area contributed by atoms with Crippen molar-refractivity contribution in [2.75, 3.05) is 11.4 Å². The summed E-state index contributed by atoms with van der Waals surface area (Å²) < 4.78 is 0. The summed E-state index contributed by atoms with van der Waals surface area (Å²) in [7, 11) is 0. The fraction of sp³-hybridized carbons (Fsp3) is 0.375. The molecule has 0 aromatic carbocycles. The summed E-state index contributed by atoms with van der Waals surface area (Å²) in [6.07, 6.45) is 3.83. The lowest BCUT2D eigenvalue weighted by Gasteiger charge is -2.28. The highest BCUT2D eigenvalue weighted by Crippen LogP contribution is 2.44. The van der Waals surface area contributed by atoms with Crippen LogP contribution in [0.15, 0.2) is 35.8 Å². The molecule has 1 amide bonds. The Labute approximate surface area is 128 Å². The maximum absolute atomic E-state index is 12.9. The number of nitrogens with zero attached hydrogens (tertiary/aromatic N) is 3. The van der Waals surface area contributed by atoms with Crippen molar-refractivity contribution in [3.8, 4) is 0 Å². The van der Waals surface area contributed by atoms with Crippen molar-refractivity contribution in [1.29, 1.82) is 0 Å². The average molecular weight is 299 g/mol. The smallest absolute Gasteiger partial charge is 0.247 e. The van der Waals surface area contributed by atoms with E-state index in [0.717, 1.165) is 25.2 Å². The third kappa shape index (κ3) is 1.92. The second-order valence-corrected chi connectivity index (χ2v) is 6.58. The molecule has 2 unspecified atom stereocenters. The van der Waals surface area contributed by atoms with Gasteiger partial charge in [-0.15, -0.1) is 11.3 Å². The lowest BCUT2D eigenvalue weighted by atomic mass is 10.2. The minimum absolute atomic E-state index is 0.0138. The Morgan fingerprint density at radius 2 is 2.24 bits per heavy atom. The molecule has 0 saturated carbocycles. The molecule has 2 aromatic heterocycles. The van der Waals surface area contributed by atoms with Crippen LogP contribution in [0.4, 0.5) is 5.82 Å². The molecular formula is C16H17N3OS. The van der Waals surface area contributed by atoms with E-state index in [-0.39, 0.29) is 18.1 Å². The topological polar surface area (TPSA) is 36.4 Å². The third-order valence-corrected chi connectivity index (χ3v) is 5.47. The molecule has 0 aliphatic carbocycles. The van der Waals surface area contributed by atoms with Crippen molar-refractivity contribution in [3.05, 3.63) is 46.3 Å². The van der Waals surface area contributed by atoms with E-state index in [1.165, 1.54) is 10.4 Å². The van der Waals surface area contributed by atoms with Gasteiger partial charge in [0.05, 0.1) is 6.04 Å². The number of pyridine rings is 1. The lowest BCUT2D eigenvalue weighted by Crippen LogP contribution is -2.32. The van der Waals surface area contributed by atoms with Crippen LogP contribution >= 0.6 is 11.3 Å². The fourth-order valence-electron chi connectivity index (χ4n) is 3.43. The monoisotopic (exact) mass is 299 g/mol. The van der Waals surface area contributed by atoms with Crippen LogP contribution in [0.3, 0.4) is 0 Å². The van der Waals surface area contributed by atoms with Crippen molar-refractivity contribution < 1.29 is 4.79 Å². The molecule has 0 N–H and O–H groups in total. The normalized spacial score (nSPS) is 25.6. The van der Waals surface area contributed by atoms with Crippen LogP contribution in [-0.4, -0.2) is 28.4 Å². The predicted octanol–water partition coefficient (Wildman–Crippen LogP) is 2.96. The van der Waals surface area contributed by atoms with E-state index in [1.54, 1.807) is 17.5 Å². The second-order valence-electron chi connectivity index (χ2n) is 5.63. The molecule has 2 atom stereocenters. The fourth-order valence-corrected chi connectivity index (χ4v) is 4.46. The Kier molecular flexibility index (Phi) is 3.05. The van der Waals surface area contributed by atoms with Crippen molar-refractivity contribution in [2.24, 2.45) is 0 Å². The zero-order valence-electron chi connectivity index (χ0n) is 11.9. The summed E-state index contributed by atoms with van der Waals surface area (Å²) in [5.41, 5.74) is 1.26. The molecule has 5 heteroatoms. The van der Waals surface area contributed by atoms with E-state index in [9.17, 15) is 4.79 Å². The van der Waals surface area contributed by atoms with Crippen LogP contribution in [0, 0.1) is 6.92 Å². The molecule has 2 aliphatic heterocycles. The molecular weight excluding hydrogens is 282 g/mol. The number of hydrogen-bond donors (Lipinski definition) is 0. The maximum atomic E-state index is 12.9. The predicted molar refractivity (Wildman–Crippen MR) is 83.2 cm³/mol. The summed E-state index contributed by atoms with van der Waals surface area (Å²) >= 11 is 1.73. The molecule has 2 aliphatic rings. The Hall–Kier alpha value is -1.72. The molecule has 2 aromatic rings. The number of fused-ring (bicyclic) bond motifs is 1. The third-order valence-electron chi connectivity index (χ3n) is 4.41. The van der Waals surface area contributed by atoms with Gasteiger partial charge in [-0.2, -0.15) is 0 Å². The molecule has 4 nitrogen and oxygen atoms in total. The molecule has 108 valence electrons. The number of carbonyl (C=O) groups is 1. The number of amides is 1. The first-order valence-corrected chi connectivity index (χ1v) is 8.19. The SMILES string of the molecule is Cc1ccsc1C1N(c2ccccn2)C(=O)C2CCCN21. The van der Waals surface area contributed by atoms with Gasteiger partial charge in [0.2, 0.25) is 5.91 Å². The van der Waals surface area contributed by atoms with Crippen LogP contribution in [-0.2, 0) is 4.79 Å². The van der Waals surface area contributed by atoms with Gasteiger partial charge in [-0.25, -0.2) is 4.98 Å². The Morgan fingerprint density at radius 1 is 1.33 bits per heavy atom. The molecule has 2 saturated heterocycles. The van der Waals surface area contributed by atoms with Crippen LogP contribution in [0.25, 0.3) is 0 Å². The maximum Gasteiger partial charge on any atom is 0.247 e. The Balaban J connectivity index is 1.83. The summed E-state index contributed by atoms with van der Waals surface area (Å²) in [5, 5.41) is 2.11. The largest absolute Gasteiger partial charge is 0.274 e. The number of aryl methyl sites for hydroxylation is 1. The molecule has 21 heavy (non-hydrogen) atoms. The van der Waals surface area contributed by atoms with Gasteiger partial charge in [0.15, 0.2) is 0 Å². The van der Waals surface area contributed by atoms with Crippen molar-refractivity contribution in [1.82, 2.24) is 9.88 Å². The molecule has 0 bridgehead atoms. The van der Waals surface area contributed by atoms with Gasteiger partial charge in [0.1, 0.15) is 12.0 Å². The zero-order chi connectivity index (χ0) is 14.4. The molecule has 4 heterocycles. The standard InChI is InChI=1S/C16H17N3OS/c1-11-7-10-21-14(11)15-18-9-4-5-12(18)16(20)19(15)13-6-2-3-8-17-13/h2-3,6-8,10,12,15H,4-5,9H2,1H3. The van der Waals surface area contributed by atoms with Gasteiger partial charge in [0.25, 0.3) is 0 Å². The Bertz CT molecular complexity index is 669. The molecule has 2 fully saturated rings. The van der Waals surface area contributed by atoms with Gasteiger partial charge < -0.3 is 0 Å². The first-order valence-electron chi connectivity index (χ1n) is 7.31. The highest BCUT2D eigenvalue weighted by Gasteiger charge is 2.50. The first-order chi connectivity index (χ1) is 10.3. The quantitative estimate of drug-likeness (QED) is 0.855. The van der Waals surface area contributed by atoms with Crippen LogP contribution < -0.4 is 4.90 Å². The number of aromatic nitrogens is 1. The summed E-state index contributed by atoms with van der Waals surface area (Å²) in [6.45, 7) is 3.11. The highest BCUT2D eigenvalue weighted by atomic mass is 32.1. The second kappa shape index (κ2) is 4.93. The number of hydrogen-bond acceptors (Lipinski definition) is 4. The van der Waals surface area contributed by atoms with E-state index in [4.69, 9.17) is 0 Å². The summed E-state index contributed by atoms with van der Waals surface area (Å²) in [5.74, 6) is 0.957. The van der Waals surface area contributed by atoms with E-state index in [2.05, 4.69) is 28.3 Å². The van der Waals surface area contributed by atoms with Gasteiger partial charge in [-0.05, 0) is 48.9 Å². The van der Waals surface area contributed by atoms with Gasteiger partial charge >= 0.3 is 0 Å². The zero-order valence-corrected chi connectivity index (χ0v) is 12.7. The van der Waals surface area contributed by atoms with E-state index < -0.39 is 0 Å². The summed E-state index contributed by atoms with van der Waals surface area (Å²) in [6, 6.07) is 7.91. The number of carbonyl (C=O) groups excluding carboxylic acids is 1. The van der Waals surface area contributed by atoms with Crippen molar-refractivity contribution in [3.63, 3.8) is 0 Å². The van der Waals surface area contributed by atoms with E-state index in [0.29, 0.717) is 0 Å². The van der Waals surface area contributed by atoms with Crippen LogP contribution in [0.1, 0.15) is 29.4 Å². The lowest BCUT2D eigenvalue weighted by molar-refractivity contribution is -0.119. The minimum atomic E-state index is 0.0138. The Morgan fingerprint density at radius 3 is 2.95 bits per heavy atom. The van der Waals surface area contributed by atoms with Gasteiger partial charge in [-0.3, -0.25) is 14.6 Å². The van der Waals surface area contributed by atoms with Crippen LogP contribution in [0.2, 0.25) is 0 Å². The number of rotatable bonds is 2.